The second-order valence-electron chi connectivity index (χ2n) is 4.91. The molecule has 21 heavy (non-hydrogen) atoms. The average molecular weight is 304 g/mol. The van der Waals surface area contributed by atoms with Gasteiger partial charge in [0, 0.05) is 17.4 Å². The molecule has 2 aromatic rings. The van der Waals surface area contributed by atoms with Crippen molar-refractivity contribution in [3.8, 4) is 17.0 Å². The monoisotopic (exact) mass is 304 g/mol. The van der Waals surface area contributed by atoms with Crippen LogP contribution in [0.25, 0.3) is 11.3 Å². The van der Waals surface area contributed by atoms with E-state index >= 15 is 0 Å². The number of unbranched alkanes of at least 4 members (excludes halogenated alkanes) is 3. The van der Waals surface area contributed by atoms with Crippen LogP contribution in [0.5, 0.6) is 5.75 Å². The molecule has 0 spiro atoms. The van der Waals surface area contributed by atoms with Crippen LogP contribution in [0, 0.1) is 0 Å². The first-order valence-electron chi connectivity index (χ1n) is 7.24. The van der Waals surface area contributed by atoms with E-state index in [9.17, 15) is 9.90 Å². The number of carbonyl (C=O) groups is 1. The summed E-state index contributed by atoms with van der Waals surface area (Å²) in [6.07, 6.45) is 4.87. The van der Waals surface area contributed by atoms with E-state index in [1.54, 1.807) is 18.2 Å². The number of nitrogens with zero attached hydrogens (tertiary/aromatic N) is 1. The van der Waals surface area contributed by atoms with Crippen molar-refractivity contribution in [1.82, 2.24) is 4.98 Å². The average Bonchev–Trinajstić information content (AvgIpc) is 2.92. The number of thiazole rings is 1. The molecule has 112 valence electrons. The molecule has 1 aromatic heterocycles. The first-order valence-corrected chi connectivity index (χ1v) is 8.12. The Kier molecular flexibility index (Phi) is 5.75. The van der Waals surface area contributed by atoms with Gasteiger partial charge in [0.05, 0.1) is 5.69 Å². The molecule has 1 amide bonds. The lowest BCUT2D eigenvalue weighted by molar-refractivity contribution is -0.116. The van der Waals surface area contributed by atoms with E-state index in [-0.39, 0.29) is 11.7 Å². The first kappa shape index (κ1) is 15.5. The zero-order valence-electron chi connectivity index (χ0n) is 12.1. The summed E-state index contributed by atoms with van der Waals surface area (Å²) in [4.78, 5) is 16.1. The number of rotatable bonds is 7. The Morgan fingerprint density at radius 1 is 1.29 bits per heavy atom. The van der Waals surface area contributed by atoms with Crippen LogP contribution in [0.15, 0.2) is 29.6 Å². The van der Waals surface area contributed by atoms with Crippen LogP contribution in [-0.2, 0) is 4.79 Å². The van der Waals surface area contributed by atoms with Gasteiger partial charge in [0.1, 0.15) is 5.75 Å². The summed E-state index contributed by atoms with van der Waals surface area (Å²) in [6.45, 7) is 2.15. The van der Waals surface area contributed by atoms with Crippen molar-refractivity contribution in [2.75, 3.05) is 5.32 Å². The Labute approximate surface area is 128 Å². The fraction of sp³-hybridized carbons (Fsp3) is 0.375. The maximum atomic E-state index is 11.8. The molecule has 2 N–H and O–H groups in total. The molecule has 0 fully saturated rings. The minimum absolute atomic E-state index is 0.00397. The predicted octanol–water partition coefficient (Wildman–Crippen LogP) is 4.42. The van der Waals surface area contributed by atoms with Crippen LogP contribution in [0.3, 0.4) is 0 Å². The van der Waals surface area contributed by atoms with Gasteiger partial charge in [0.25, 0.3) is 0 Å². The highest BCUT2D eigenvalue weighted by Crippen LogP contribution is 2.31. The van der Waals surface area contributed by atoms with Crippen LogP contribution < -0.4 is 5.32 Å². The van der Waals surface area contributed by atoms with Crippen molar-refractivity contribution in [3.05, 3.63) is 29.6 Å². The minimum atomic E-state index is 0.00397. The topological polar surface area (TPSA) is 62.2 Å². The van der Waals surface area contributed by atoms with Crippen molar-refractivity contribution < 1.29 is 9.90 Å². The molecule has 1 heterocycles. The third-order valence-electron chi connectivity index (χ3n) is 3.19. The van der Waals surface area contributed by atoms with Gasteiger partial charge in [-0.1, -0.05) is 38.3 Å². The lowest BCUT2D eigenvalue weighted by Crippen LogP contribution is -2.10. The van der Waals surface area contributed by atoms with Crippen LogP contribution in [0.1, 0.15) is 39.0 Å². The molecule has 0 bridgehead atoms. The highest BCUT2D eigenvalue weighted by molar-refractivity contribution is 7.14. The number of nitrogens with one attached hydrogen (secondary N) is 1. The molecule has 4 nitrogen and oxygen atoms in total. The minimum Gasteiger partial charge on any atom is -0.507 e. The van der Waals surface area contributed by atoms with E-state index < -0.39 is 0 Å². The SMILES string of the molecule is CCCCCCC(=O)Nc1nc(-c2ccccc2O)cs1. The maximum absolute atomic E-state index is 11.8. The van der Waals surface area contributed by atoms with E-state index in [4.69, 9.17) is 0 Å². The van der Waals surface area contributed by atoms with E-state index in [0.717, 1.165) is 19.3 Å². The molecule has 2 rings (SSSR count). The molecule has 1 aromatic carbocycles. The summed E-state index contributed by atoms with van der Waals surface area (Å²) in [5.74, 6) is 0.199. The van der Waals surface area contributed by atoms with Crippen LogP contribution in [-0.4, -0.2) is 16.0 Å². The Morgan fingerprint density at radius 2 is 2.10 bits per heavy atom. The third-order valence-corrected chi connectivity index (χ3v) is 3.95. The molecule has 5 heteroatoms. The molecule has 0 saturated heterocycles. The first-order chi connectivity index (χ1) is 10.2. The number of hydrogen-bond donors (Lipinski definition) is 2. The summed E-state index contributed by atoms with van der Waals surface area (Å²) in [6, 6.07) is 7.05. The fourth-order valence-corrected chi connectivity index (χ4v) is 2.77. The number of carbonyl (C=O) groups excluding carboxylic acids is 1. The number of aromatic nitrogens is 1. The lowest BCUT2D eigenvalue weighted by atomic mass is 10.1. The second-order valence-corrected chi connectivity index (χ2v) is 5.77. The van der Waals surface area contributed by atoms with Gasteiger partial charge in [-0.25, -0.2) is 4.98 Å². The van der Waals surface area contributed by atoms with Gasteiger partial charge in [-0.2, -0.15) is 0 Å². The largest absolute Gasteiger partial charge is 0.507 e. The number of phenols is 1. The summed E-state index contributed by atoms with van der Waals surface area (Å²) < 4.78 is 0. The van der Waals surface area contributed by atoms with Gasteiger partial charge in [0.15, 0.2) is 5.13 Å². The van der Waals surface area contributed by atoms with Crippen molar-refractivity contribution in [1.29, 1.82) is 0 Å². The number of hydrogen-bond acceptors (Lipinski definition) is 4. The van der Waals surface area contributed by atoms with Crippen LogP contribution in [0.4, 0.5) is 5.13 Å². The van der Waals surface area contributed by atoms with Crippen LogP contribution in [0.2, 0.25) is 0 Å². The lowest BCUT2D eigenvalue weighted by Gasteiger charge is -2.02. The molecule has 0 aliphatic heterocycles. The number of anilines is 1. The Bertz CT molecular complexity index is 595. The molecule has 0 aliphatic rings. The van der Waals surface area contributed by atoms with E-state index in [2.05, 4.69) is 17.2 Å². The Hall–Kier alpha value is -1.88. The van der Waals surface area contributed by atoms with E-state index in [0.29, 0.717) is 22.8 Å². The summed E-state index contributed by atoms with van der Waals surface area (Å²) in [7, 11) is 0. The summed E-state index contributed by atoms with van der Waals surface area (Å²) in [5.41, 5.74) is 1.36. The quantitative estimate of drug-likeness (QED) is 0.744. The molecule has 0 unspecified atom stereocenters. The van der Waals surface area contributed by atoms with E-state index in [1.807, 2.05) is 11.4 Å². The number of phenolic OH excluding ortho intramolecular Hbond substituents is 1. The standard InChI is InChI=1S/C16H20N2O2S/c1-2-3-4-5-10-15(20)18-16-17-13(11-21-16)12-8-6-7-9-14(12)19/h6-9,11,19H,2-5,10H2,1H3,(H,17,18,20). The predicted molar refractivity (Wildman–Crippen MR) is 86.6 cm³/mol. The van der Waals surface area contributed by atoms with Gasteiger partial charge in [-0.3, -0.25) is 4.79 Å². The van der Waals surface area contributed by atoms with Crippen molar-refractivity contribution in [3.63, 3.8) is 0 Å². The van der Waals surface area contributed by atoms with Gasteiger partial charge in [0.2, 0.25) is 5.91 Å². The van der Waals surface area contributed by atoms with Crippen molar-refractivity contribution in [2.45, 2.75) is 39.0 Å². The van der Waals surface area contributed by atoms with Gasteiger partial charge >= 0.3 is 0 Å². The summed E-state index contributed by atoms with van der Waals surface area (Å²) in [5, 5.41) is 15.0. The molecule has 0 aliphatic carbocycles. The zero-order chi connectivity index (χ0) is 15.1. The highest BCUT2D eigenvalue weighted by Gasteiger charge is 2.10. The normalized spacial score (nSPS) is 10.5. The molecular formula is C16H20N2O2S. The number of amides is 1. The molecular weight excluding hydrogens is 284 g/mol. The zero-order valence-corrected chi connectivity index (χ0v) is 12.9. The Balaban J connectivity index is 1.91. The fourth-order valence-electron chi connectivity index (χ4n) is 2.04. The second kappa shape index (κ2) is 7.78. The van der Waals surface area contributed by atoms with Gasteiger partial charge < -0.3 is 10.4 Å². The number of aromatic hydroxyl groups is 1. The molecule has 0 saturated carbocycles. The van der Waals surface area contributed by atoms with Crippen molar-refractivity contribution in [2.24, 2.45) is 0 Å². The highest BCUT2D eigenvalue weighted by atomic mass is 32.1. The summed E-state index contributed by atoms with van der Waals surface area (Å²) >= 11 is 1.37. The molecule has 0 atom stereocenters. The van der Waals surface area contributed by atoms with Crippen molar-refractivity contribution >= 4 is 22.4 Å². The number of benzene rings is 1. The maximum Gasteiger partial charge on any atom is 0.226 e. The van der Waals surface area contributed by atoms with Gasteiger partial charge in [-0.05, 0) is 18.6 Å². The van der Waals surface area contributed by atoms with Gasteiger partial charge in [-0.15, -0.1) is 11.3 Å². The van der Waals surface area contributed by atoms with E-state index in [1.165, 1.54) is 17.8 Å². The number of para-hydroxylation sites is 1. The molecule has 0 radical (unpaired) electrons. The smallest absolute Gasteiger partial charge is 0.226 e. The van der Waals surface area contributed by atoms with Crippen LogP contribution >= 0.6 is 11.3 Å². The Morgan fingerprint density at radius 3 is 2.86 bits per heavy atom. The third kappa shape index (κ3) is 4.56.